The van der Waals surface area contributed by atoms with E-state index in [1.807, 2.05) is 12.1 Å². The first-order valence-corrected chi connectivity index (χ1v) is 8.81. The van der Waals surface area contributed by atoms with Crippen molar-refractivity contribution in [3.63, 3.8) is 0 Å². The maximum Gasteiger partial charge on any atom is 0.342 e. The van der Waals surface area contributed by atoms with E-state index in [9.17, 15) is 8.42 Å². The number of hydrogen-bond acceptors (Lipinski definition) is 6. The molecule has 3 rings (SSSR count). The van der Waals surface area contributed by atoms with Gasteiger partial charge in [-0.25, -0.2) is 4.98 Å². The normalized spacial score (nSPS) is 11.1. The van der Waals surface area contributed by atoms with Crippen molar-refractivity contribution in [1.29, 1.82) is 0 Å². The molecule has 128 valence electrons. The van der Waals surface area contributed by atoms with Crippen LogP contribution in [-0.4, -0.2) is 20.5 Å². The van der Waals surface area contributed by atoms with E-state index in [4.69, 9.17) is 14.7 Å². The van der Waals surface area contributed by atoms with Crippen LogP contribution in [0.15, 0.2) is 71.6 Å². The van der Waals surface area contributed by atoms with Crippen molar-refractivity contribution in [2.45, 2.75) is 4.90 Å². The lowest BCUT2D eigenvalue weighted by atomic mass is 10.1. The number of methoxy groups -OCH3 is 1. The highest BCUT2D eigenvalue weighted by Gasteiger charge is 2.21. The van der Waals surface area contributed by atoms with Crippen molar-refractivity contribution < 1.29 is 17.3 Å². The summed E-state index contributed by atoms with van der Waals surface area (Å²) in [6.07, 6.45) is 0. The maximum atomic E-state index is 12.4. The van der Waals surface area contributed by atoms with Crippen molar-refractivity contribution in [1.82, 2.24) is 4.98 Å². The Morgan fingerprint density at radius 2 is 1.56 bits per heavy atom. The summed E-state index contributed by atoms with van der Waals surface area (Å²) in [5, 5.41) is 0. The Morgan fingerprint density at radius 1 is 0.880 bits per heavy atom. The summed E-state index contributed by atoms with van der Waals surface area (Å²) >= 11 is 0. The van der Waals surface area contributed by atoms with Crippen LogP contribution in [0.25, 0.3) is 11.3 Å². The lowest BCUT2D eigenvalue weighted by Gasteiger charge is -2.10. The summed E-state index contributed by atoms with van der Waals surface area (Å²) in [5.74, 6) is 0.803. The molecule has 1 heterocycles. The predicted molar refractivity (Wildman–Crippen MR) is 94.9 cm³/mol. The zero-order valence-electron chi connectivity index (χ0n) is 13.4. The van der Waals surface area contributed by atoms with Gasteiger partial charge in [0, 0.05) is 5.56 Å². The number of para-hydroxylation sites is 1. The van der Waals surface area contributed by atoms with Gasteiger partial charge < -0.3 is 14.7 Å². The molecule has 0 atom stereocenters. The van der Waals surface area contributed by atoms with Crippen LogP contribution < -0.4 is 14.7 Å². The molecule has 0 bridgehead atoms. The van der Waals surface area contributed by atoms with Gasteiger partial charge in [-0.3, -0.25) is 0 Å². The summed E-state index contributed by atoms with van der Waals surface area (Å²) in [6.45, 7) is 0. The van der Waals surface area contributed by atoms with E-state index < -0.39 is 10.1 Å². The standard InChI is InChI=1S/C18H16N2O4S/c1-23-14-9-7-13(8-10-14)16-11-12-17(18(19)20-16)25(21,22)24-15-5-3-2-4-6-15/h2-12H,1H3,(H2,19,20). The molecule has 0 amide bonds. The molecule has 0 aliphatic carbocycles. The average molecular weight is 356 g/mol. The second-order valence-electron chi connectivity index (χ2n) is 5.16. The molecule has 6 nitrogen and oxygen atoms in total. The molecule has 1 aromatic heterocycles. The Bertz CT molecular complexity index is 972. The number of rotatable bonds is 5. The molecule has 0 saturated heterocycles. The molecule has 0 radical (unpaired) electrons. The van der Waals surface area contributed by atoms with Crippen molar-refractivity contribution in [2.24, 2.45) is 0 Å². The number of nitrogens with two attached hydrogens (primary N) is 1. The lowest BCUT2D eigenvalue weighted by Crippen LogP contribution is -2.13. The van der Waals surface area contributed by atoms with Gasteiger partial charge in [-0.1, -0.05) is 18.2 Å². The summed E-state index contributed by atoms with van der Waals surface area (Å²) in [7, 11) is -2.48. The van der Waals surface area contributed by atoms with Gasteiger partial charge in [-0.15, -0.1) is 0 Å². The van der Waals surface area contributed by atoms with Crippen LogP contribution in [0.4, 0.5) is 5.82 Å². The predicted octanol–water partition coefficient (Wildman–Crippen LogP) is 3.11. The molecule has 25 heavy (non-hydrogen) atoms. The van der Waals surface area contributed by atoms with E-state index in [1.54, 1.807) is 55.6 Å². The zero-order valence-corrected chi connectivity index (χ0v) is 14.2. The van der Waals surface area contributed by atoms with Gasteiger partial charge in [0.1, 0.15) is 22.2 Å². The largest absolute Gasteiger partial charge is 0.497 e. The van der Waals surface area contributed by atoms with Gasteiger partial charge in [0.05, 0.1) is 12.8 Å². The highest BCUT2D eigenvalue weighted by Crippen LogP contribution is 2.26. The molecular formula is C18H16N2O4S. The fourth-order valence-corrected chi connectivity index (χ4v) is 3.23. The number of hydrogen-bond donors (Lipinski definition) is 1. The number of nitrogen functional groups attached to an aromatic ring is 1. The molecule has 0 aliphatic heterocycles. The minimum atomic E-state index is -4.06. The van der Waals surface area contributed by atoms with Crippen molar-refractivity contribution >= 4 is 15.9 Å². The van der Waals surface area contributed by atoms with E-state index >= 15 is 0 Å². The monoisotopic (exact) mass is 356 g/mol. The van der Waals surface area contributed by atoms with Gasteiger partial charge in [-0.2, -0.15) is 8.42 Å². The highest BCUT2D eigenvalue weighted by atomic mass is 32.2. The first kappa shape index (κ1) is 16.8. The Labute approximate surface area is 146 Å². The third kappa shape index (κ3) is 3.72. The van der Waals surface area contributed by atoms with Crippen LogP contribution in [0.5, 0.6) is 11.5 Å². The second-order valence-corrected chi connectivity index (χ2v) is 6.67. The van der Waals surface area contributed by atoms with Crippen molar-refractivity contribution in [2.75, 3.05) is 12.8 Å². The molecule has 0 aliphatic rings. The second kappa shape index (κ2) is 6.82. The SMILES string of the molecule is COc1ccc(-c2ccc(S(=O)(=O)Oc3ccccc3)c(N)n2)cc1. The molecule has 0 fully saturated rings. The molecular weight excluding hydrogens is 340 g/mol. The fraction of sp³-hybridized carbons (Fsp3) is 0.0556. The Morgan fingerprint density at radius 3 is 2.16 bits per heavy atom. The summed E-state index contributed by atoms with van der Waals surface area (Å²) in [6, 6.07) is 18.4. The van der Waals surface area contributed by atoms with Crippen LogP contribution >= 0.6 is 0 Å². The molecule has 0 spiro atoms. The number of pyridine rings is 1. The van der Waals surface area contributed by atoms with Gasteiger partial charge >= 0.3 is 10.1 Å². The summed E-state index contributed by atoms with van der Waals surface area (Å²) in [4.78, 5) is 4.01. The van der Waals surface area contributed by atoms with Crippen LogP contribution in [-0.2, 0) is 10.1 Å². The first-order chi connectivity index (χ1) is 12.0. The van der Waals surface area contributed by atoms with Crippen LogP contribution in [0.2, 0.25) is 0 Å². The Kier molecular flexibility index (Phi) is 4.58. The molecule has 0 saturated carbocycles. The smallest absolute Gasteiger partial charge is 0.342 e. The molecule has 0 unspecified atom stereocenters. The molecule has 3 aromatic rings. The third-order valence-electron chi connectivity index (χ3n) is 3.49. The van der Waals surface area contributed by atoms with Gasteiger partial charge in [0.25, 0.3) is 0 Å². The van der Waals surface area contributed by atoms with E-state index in [0.717, 1.165) is 5.56 Å². The minimum absolute atomic E-state index is 0.121. The number of benzene rings is 2. The van der Waals surface area contributed by atoms with E-state index in [2.05, 4.69) is 4.98 Å². The first-order valence-electron chi connectivity index (χ1n) is 7.40. The Hall–Kier alpha value is -3.06. The van der Waals surface area contributed by atoms with Crippen LogP contribution in [0.1, 0.15) is 0 Å². The maximum absolute atomic E-state index is 12.4. The average Bonchev–Trinajstić information content (AvgIpc) is 2.62. The Balaban J connectivity index is 1.91. The van der Waals surface area contributed by atoms with E-state index in [1.165, 1.54) is 6.07 Å². The van der Waals surface area contributed by atoms with E-state index in [0.29, 0.717) is 11.4 Å². The molecule has 2 aromatic carbocycles. The topological polar surface area (TPSA) is 91.5 Å². The quantitative estimate of drug-likeness (QED) is 0.706. The van der Waals surface area contributed by atoms with Gasteiger partial charge in [0.15, 0.2) is 0 Å². The number of ether oxygens (including phenoxy) is 1. The van der Waals surface area contributed by atoms with Crippen molar-refractivity contribution in [3.05, 3.63) is 66.7 Å². The third-order valence-corrected chi connectivity index (χ3v) is 4.79. The van der Waals surface area contributed by atoms with Gasteiger partial charge in [0.2, 0.25) is 0 Å². The molecule has 2 N–H and O–H groups in total. The van der Waals surface area contributed by atoms with Crippen LogP contribution in [0, 0.1) is 0 Å². The number of anilines is 1. The fourth-order valence-electron chi connectivity index (χ4n) is 2.24. The number of nitrogens with zero attached hydrogens (tertiary/aromatic N) is 1. The lowest BCUT2D eigenvalue weighted by molar-refractivity contribution is 0.415. The highest BCUT2D eigenvalue weighted by molar-refractivity contribution is 7.87. The zero-order chi connectivity index (χ0) is 17.9. The summed E-state index contributed by atoms with van der Waals surface area (Å²) in [5.41, 5.74) is 7.21. The van der Waals surface area contributed by atoms with Gasteiger partial charge in [-0.05, 0) is 48.5 Å². The number of aromatic nitrogens is 1. The van der Waals surface area contributed by atoms with Crippen LogP contribution in [0.3, 0.4) is 0 Å². The van der Waals surface area contributed by atoms with Crippen molar-refractivity contribution in [3.8, 4) is 22.8 Å². The van der Waals surface area contributed by atoms with E-state index in [-0.39, 0.29) is 16.5 Å². The summed E-state index contributed by atoms with van der Waals surface area (Å²) < 4.78 is 35.0. The minimum Gasteiger partial charge on any atom is -0.497 e. The molecule has 7 heteroatoms.